The molecule has 1 aromatic heterocycles. The highest BCUT2D eigenvalue weighted by Gasteiger charge is 2.12. The van der Waals surface area contributed by atoms with Gasteiger partial charge in [0.25, 0.3) is 0 Å². The second kappa shape index (κ2) is 14.3. The lowest BCUT2D eigenvalue weighted by Gasteiger charge is -2.26. The maximum Gasteiger partial charge on any atom is 0.219 e. The van der Waals surface area contributed by atoms with E-state index >= 15 is 0 Å². The van der Waals surface area contributed by atoms with Crippen LogP contribution in [0.4, 0.5) is 5.69 Å². The van der Waals surface area contributed by atoms with E-state index in [0.29, 0.717) is 24.0 Å². The van der Waals surface area contributed by atoms with Crippen LogP contribution in [0.1, 0.15) is 12.8 Å². The Balaban J connectivity index is 1.12. The lowest BCUT2D eigenvalue weighted by Crippen LogP contribution is -2.37. The van der Waals surface area contributed by atoms with Gasteiger partial charge in [-0.25, -0.2) is 4.98 Å². The van der Waals surface area contributed by atoms with Crippen LogP contribution in [0, 0.1) is 0 Å². The number of fused-ring (bicyclic) bond motifs is 1. The van der Waals surface area contributed by atoms with Crippen molar-refractivity contribution in [1.82, 2.24) is 14.8 Å². The number of nitrogens with zero attached hydrogens (tertiary/aromatic N) is 3. The second-order valence-electron chi connectivity index (χ2n) is 9.86. The smallest absolute Gasteiger partial charge is 0.219 e. The number of methoxy groups -OCH3 is 1. The van der Waals surface area contributed by atoms with Gasteiger partial charge in [0.15, 0.2) is 11.5 Å². The van der Waals surface area contributed by atoms with Crippen LogP contribution in [0.2, 0.25) is 0 Å². The molecule has 1 N–H and O–H groups in total. The summed E-state index contributed by atoms with van der Waals surface area (Å²) in [6.45, 7) is 11.0. The van der Waals surface area contributed by atoms with Crippen molar-refractivity contribution in [2.75, 3.05) is 91.3 Å². The maximum atomic E-state index is 6.09. The number of aromatic nitrogens is 1. The fourth-order valence-electron chi connectivity index (χ4n) is 4.86. The van der Waals surface area contributed by atoms with Gasteiger partial charge < -0.3 is 29.0 Å². The molecule has 2 aliphatic rings. The first-order valence-corrected chi connectivity index (χ1v) is 14.0. The Morgan fingerprint density at radius 1 is 0.821 bits per heavy atom. The number of rotatable bonds is 13. The molecule has 3 heterocycles. The Morgan fingerprint density at radius 3 is 2.21 bits per heavy atom. The highest BCUT2D eigenvalue weighted by molar-refractivity contribution is 5.83. The van der Waals surface area contributed by atoms with Gasteiger partial charge in [0.1, 0.15) is 5.75 Å². The van der Waals surface area contributed by atoms with Crippen molar-refractivity contribution in [2.45, 2.75) is 12.8 Å². The summed E-state index contributed by atoms with van der Waals surface area (Å²) in [5.41, 5.74) is 1.88. The van der Waals surface area contributed by atoms with Crippen molar-refractivity contribution in [3.05, 3.63) is 48.5 Å². The zero-order chi connectivity index (χ0) is 26.7. The van der Waals surface area contributed by atoms with E-state index < -0.39 is 0 Å². The Hall–Kier alpha value is -3.11. The summed E-state index contributed by atoms with van der Waals surface area (Å²) in [7, 11) is 1.66. The van der Waals surface area contributed by atoms with E-state index in [1.807, 2.05) is 48.5 Å². The predicted molar refractivity (Wildman–Crippen MR) is 153 cm³/mol. The number of benzene rings is 2. The average Bonchev–Trinajstić information content (AvgIpc) is 2.99. The molecule has 0 bridgehead atoms. The highest BCUT2D eigenvalue weighted by atomic mass is 16.5. The van der Waals surface area contributed by atoms with Gasteiger partial charge in [-0.05, 0) is 55.8 Å². The molecule has 2 fully saturated rings. The molecule has 0 atom stereocenters. The quantitative estimate of drug-likeness (QED) is 0.322. The van der Waals surface area contributed by atoms with E-state index in [2.05, 4.69) is 15.1 Å². The molecule has 9 heteroatoms. The van der Waals surface area contributed by atoms with Crippen LogP contribution in [-0.2, 0) is 9.47 Å². The molecule has 9 nitrogen and oxygen atoms in total. The number of anilines is 1. The van der Waals surface area contributed by atoms with Crippen molar-refractivity contribution in [3.8, 4) is 23.1 Å². The molecule has 5 rings (SSSR count). The lowest BCUT2D eigenvalue weighted by atomic mass is 10.2. The van der Waals surface area contributed by atoms with Crippen molar-refractivity contribution in [3.63, 3.8) is 0 Å². The second-order valence-corrected chi connectivity index (χ2v) is 9.86. The van der Waals surface area contributed by atoms with Crippen LogP contribution in [-0.4, -0.2) is 101 Å². The van der Waals surface area contributed by atoms with Crippen molar-refractivity contribution in [1.29, 1.82) is 0 Å². The zero-order valence-electron chi connectivity index (χ0n) is 22.9. The van der Waals surface area contributed by atoms with Crippen LogP contribution in [0.3, 0.4) is 0 Å². The summed E-state index contributed by atoms with van der Waals surface area (Å²) >= 11 is 0. The monoisotopic (exact) mass is 536 g/mol. The number of morpholine rings is 2. The molecule has 0 amide bonds. The SMILES string of the molecule is COc1cc2ccc(Oc3ccc(NCCCN4CCOCC4)cc3)nc2cc1OCCCN1CCOCC1. The average molecular weight is 537 g/mol. The molecule has 0 saturated carbocycles. The van der Waals surface area contributed by atoms with Crippen LogP contribution >= 0.6 is 0 Å². The Kier molecular flexibility index (Phi) is 10.1. The van der Waals surface area contributed by atoms with Crippen LogP contribution < -0.4 is 19.5 Å². The Morgan fingerprint density at radius 2 is 1.51 bits per heavy atom. The van der Waals surface area contributed by atoms with Gasteiger partial charge >= 0.3 is 0 Å². The normalized spacial score (nSPS) is 16.7. The summed E-state index contributed by atoms with van der Waals surface area (Å²) in [4.78, 5) is 9.59. The third-order valence-electron chi connectivity index (χ3n) is 7.09. The van der Waals surface area contributed by atoms with Crippen molar-refractivity contribution in [2.24, 2.45) is 0 Å². The van der Waals surface area contributed by atoms with Gasteiger partial charge in [0, 0.05) is 62.5 Å². The summed E-state index contributed by atoms with van der Waals surface area (Å²) in [6, 6.07) is 15.8. The molecular weight excluding hydrogens is 496 g/mol. The Labute approximate surface area is 230 Å². The van der Waals surface area contributed by atoms with Gasteiger partial charge in [-0.2, -0.15) is 0 Å². The van der Waals surface area contributed by atoms with Crippen LogP contribution in [0.5, 0.6) is 23.1 Å². The third kappa shape index (κ3) is 8.19. The lowest BCUT2D eigenvalue weighted by molar-refractivity contribution is 0.0357. The largest absolute Gasteiger partial charge is 0.493 e. The van der Waals surface area contributed by atoms with Crippen LogP contribution in [0.25, 0.3) is 10.9 Å². The zero-order valence-corrected chi connectivity index (χ0v) is 22.9. The molecule has 0 unspecified atom stereocenters. The molecule has 3 aromatic rings. The van der Waals surface area contributed by atoms with Gasteiger partial charge in [-0.15, -0.1) is 0 Å². The number of pyridine rings is 1. The molecule has 2 aromatic carbocycles. The molecule has 2 aliphatic heterocycles. The minimum Gasteiger partial charge on any atom is -0.493 e. The minimum atomic E-state index is 0.539. The highest BCUT2D eigenvalue weighted by Crippen LogP contribution is 2.33. The fourth-order valence-corrected chi connectivity index (χ4v) is 4.86. The molecule has 0 spiro atoms. The van der Waals surface area contributed by atoms with E-state index in [0.717, 1.165) is 107 Å². The summed E-state index contributed by atoms with van der Waals surface area (Å²) in [5, 5.41) is 4.46. The summed E-state index contributed by atoms with van der Waals surface area (Å²) in [5.74, 6) is 2.68. The first kappa shape index (κ1) is 27.5. The third-order valence-corrected chi connectivity index (χ3v) is 7.09. The summed E-state index contributed by atoms with van der Waals surface area (Å²) in [6.07, 6.45) is 2.04. The van der Waals surface area contributed by atoms with Gasteiger partial charge in [-0.3, -0.25) is 9.80 Å². The van der Waals surface area contributed by atoms with Gasteiger partial charge in [0.2, 0.25) is 5.88 Å². The molecule has 210 valence electrons. The van der Waals surface area contributed by atoms with Crippen molar-refractivity contribution < 1.29 is 23.7 Å². The van der Waals surface area contributed by atoms with Gasteiger partial charge in [0.05, 0.1) is 45.7 Å². The summed E-state index contributed by atoms with van der Waals surface area (Å²) < 4.78 is 28.6. The first-order valence-electron chi connectivity index (χ1n) is 14.0. The van der Waals surface area contributed by atoms with E-state index in [9.17, 15) is 0 Å². The van der Waals surface area contributed by atoms with Crippen LogP contribution in [0.15, 0.2) is 48.5 Å². The molecular formula is C30H40N4O5. The molecule has 0 radical (unpaired) electrons. The fraction of sp³-hybridized carbons (Fsp3) is 0.500. The maximum absolute atomic E-state index is 6.09. The van der Waals surface area contributed by atoms with E-state index in [1.165, 1.54) is 0 Å². The van der Waals surface area contributed by atoms with Crippen molar-refractivity contribution >= 4 is 16.6 Å². The van der Waals surface area contributed by atoms with E-state index in [4.69, 9.17) is 28.7 Å². The predicted octanol–water partition coefficient (Wildman–Crippen LogP) is 4.27. The molecule has 2 saturated heterocycles. The number of nitrogens with one attached hydrogen (secondary N) is 1. The minimum absolute atomic E-state index is 0.539. The van der Waals surface area contributed by atoms with Gasteiger partial charge in [-0.1, -0.05) is 0 Å². The number of hydrogen-bond donors (Lipinski definition) is 1. The van der Waals surface area contributed by atoms with E-state index in [1.54, 1.807) is 7.11 Å². The van der Waals surface area contributed by atoms with E-state index in [-0.39, 0.29) is 0 Å². The standard InChI is InChI=1S/C30H40N4O5/c1-35-28-22-24-4-9-30(32-27(24)23-29(28)38-17-3-12-34-15-20-37-21-16-34)39-26-7-5-25(6-8-26)31-10-2-11-33-13-18-36-19-14-33/h4-9,22-23,31H,2-3,10-21H2,1H3. The molecule has 0 aliphatic carbocycles. The topological polar surface area (TPSA) is 77.6 Å². The molecule has 39 heavy (non-hydrogen) atoms. The number of ether oxygens (including phenoxy) is 5. The Bertz CT molecular complexity index is 1160. The first-order chi connectivity index (χ1) is 19.3. The number of hydrogen-bond acceptors (Lipinski definition) is 9.